The number of fused-ring (bicyclic) bond motifs is 1. The highest BCUT2D eigenvalue weighted by molar-refractivity contribution is 5.95. The van der Waals surface area contributed by atoms with Crippen molar-refractivity contribution in [3.05, 3.63) is 83.1 Å². The number of halogens is 1. The summed E-state index contributed by atoms with van der Waals surface area (Å²) in [5.41, 5.74) is 4.50. The molecule has 2 atom stereocenters. The summed E-state index contributed by atoms with van der Waals surface area (Å²) >= 11 is 0. The topological polar surface area (TPSA) is 105 Å². The molecule has 0 radical (unpaired) electrons. The zero-order valence-corrected chi connectivity index (χ0v) is 20.4. The number of nitrogens with one attached hydrogen (secondary N) is 1. The third-order valence-corrected chi connectivity index (χ3v) is 6.60. The van der Waals surface area contributed by atoms with Gasteiger partial charge < -0.3 is 10.4 Å². The second-order valence-electron chi connectivity index (χ2n) is 9.11. The summed E-state index contributed by atoms with van der Waals surface area (Å²) in [4.78, 5) is 25.4. The molecule has 0 spiro atoms. The van der Waals surface area contributed by atoms with Crippen molar-refractivity contribution < 1.29 is 14.3 Å². The highest BCUT2D eigenvalue weighted by atomic mass is 19.1. The van der Waals surface area contributed by atoms with Crippen molar-refractivity contribution >= 4 is 30.2 Å². The zero-order chi connectivity index (χ0) is 25.9. The number of carbonyl (C=O) groups excluding carboxylic acids is 1. The van der Waals surface area contributed by atoms with E-state index < -0.39 is 17.8 Å². The summed E-state index contributed by atoms with van der Waals surface area (Å²) < 4.78 is 16.6. The first-order valence-corrected chi connectivity index (χ1v) is 12.2. The number of amides is 1. The lowest BCUT2D eigenvalue weighted by Gasteiger charge is -2.16. The van der Waals surface area contributed by atoms with Gasteiger partial charge in [-0.1, -0.05) is 24.3 Å². The number of rotatable bonds is 7. The van der Waals surface area contributed by atoms with Gasteiger partial charge in [-0.3, -0.25) is 9.79 Å². The highest BCUT2D eigenvalue weighted by Gasteiger charge is 2.27. The maximum absolute atomic E-state index is 14.9. The molecule has 0 saturated heterocycles. The quantitative estimate of drug-likeness (QED) is 0.364. The maximum atomic E-state index is 14.9. The van der Waals surface area contributed by atoms with Crippen molar-refractivity contribution in [2.24, 2.45) is 4.99 Å². The Morgan fingerprint density at radius 1 is 1.24 bits per heavy atom. The molecule has 8 nitrogen and oxygen atoms in total. The predicted molar refractivity (Wildman–Crippen MR) is 140 cm³/mol. The lowest BCUT2D eigenvalue weighted by atomic mass is 10.0. The lowest BCUT2D eigenvalue weighted by molar-refractivity contribution is 0.0869. The molecular formula is C28H27FN6O2. The van der Waals surface area contributed by atoms with E-state index in [2.05, 4.69) is 32.1 Å². The number of benzene rings is 2. The Morgan fingerprint density at radius 3 is 2.81 bits per heavy atom. The van der Waals surface area contributed by atoms with Crippen molar-refractivity contribution in [2.75, 3.05) is 0 Å². The first-order valence-electron chi connectivity index (χ1n) is 12.2. The van der Waals surface area contributed by atoms with Crippen molar-refractivity contribution in [3.8, 4) is 11.3 Å². The summed E-state index contributed by atoms with van der Waals surface area (Å²) in [6.45, 7) is 5.58. The molecule has 0 aliphatic heterocycles. The number of allylic oxidation sites excluding steroid dienone is 1. The van der Waals surface area contributed by atoms with Crippen molar-refractivity contribution in [1.82, 2.24) is 24.9 Å². The van der Waals surface area contributed by atoms with Crippen LogP contribution in [0.1, 0.15) is 53.4 Å². The molecule has 0 unspecified atom stereocenters. The van der Waals surface area contributed by atoms with Crippen LogP contribution in [0, 0.1) is 5.82 Å². The molecule has 188 valence electrons. The van der Waals surface area contributed by atoms with Gasteiger partial charge in [0.2, 0.25) is 0 Å². The van der Waals surface area contributed by atoms with E-state index in [-0.39, 0.29) is 11.6 Å². The predicted octanol–water partition coefficient (Wildman–Crippen LogP) is 4.53. The van der Waals surface area contributed by atoms with E-state index in [4.69, 9.17) is 0 Å². The highest BCUT2D eigenvalue weighted by Crippen LogP contribution is 2.25. The number of aliphatic imine (C=N–C) groups is 1. The minimum Gasteiger partial charge on any atom is -0.391 e. The number of aliphatic hydroxyl groups excluding tert-OH is 1. The van der Waals surface area contributed by atoms with Crippen LogP contribution in [0.15, 0.2) is 59.9 Å². The lowest BCUT2D eigenvalue weighted by Crippen LogP contribution is -2.40. The molecule has 1 saturated carbocycles. The van der Waals surface area contributed by atoms with Crippen LogP contribution in [0.5, 0.6) is 0 Å². The average Bonchev–Trinajstić information content (AvgIpc) is 3.49. The van der Waals surface area contributed by atoms with Gasteiger partial charge in [-0.05, 0) is 62.7 Å². The normalized spacial score (nSPS) is 17.5. The van der Waals surface area contributed by atoms with Crippen LogP contribution >= 0.6 is 0 Å². The Labute approximate surface area is 213 Å². The average molecular weight is 499 g/mol. The number of aliphatic hydroxyl groups is 1. The number of hydrogen-bond acceptors (Lipinski definition) is 6. The van der Waals surface area contributed by atoms with E-state index in [0.717, 1.165) is 28.9 Å². The monoisotopic (exact) mass is 498 g/mol. The van der Waals surface area contributed by atoms with Gasteiger partial charge in [-0.25, -0.2) is 18.9 Å². The number of aromatic nitrogens is 4. The van der Waals surface area contributed by atoms with Crippen LogP contribution in [0.2, 0.25) is 0 Å². The van der Waals surface area contributed by atoms with E-state index in [9.17, 15) is 14.3 Å². The second kappa shape index (κ2) is 10.4. The Bertz CT molecular complexity index is 1510. The third kappa shape index (κ3) is 5.03. The fourth-order valence-electron chi connectivity index (χ4n) is 4.67. The first-order chi connectivity index (χ1) is 18.0. The molecule has 4 aromatic rings. The molecule has 1 amide bonds. The molecule has 5 rings (SSSR count). The van der Waals surface area contributed by atoms with E-state index in [1.807, 2.05) is 37.3 Å². The van der Waals surface area contributed by atoms with E-state index in [0.29, 0.717) is 36.3 Å². The van der Waals surface area contributed by atoms with Crippen LogP contribution in [0.3, 0.4) is 0 Å². The smallest absolute Gasteiger partial charge is 0.254 e. The molecule has 2 aromatic heterocycles. The first kappa shape index (κ1) is 24.5. The summed E-state index contributed by atoms with van der Waals surface area (Å²) in [5.74, 6) is -0.769. The maximum Gasteiger partial charge on any atom is 0.254 e. The largest absolute Gasteiger partial charge is 0.391 e. The van der Waals surface area contributed by atoms with E-state index in [1.165, 1.54) is 18.3 Å². The molecule has 1 fully saturated rings. The van der Waals surface area contributed by atoms with Crippen LogP contribution in [-0.4, -0.2) is 49.5 Å². The molecule has 9 heteroatoms. The summed E-state index contributed by atoms with van der Waals surface area (Å²) in [6.07, 6.45) is 9.30. The Morgan fingerprint density at radius 2 is 2.08 bits per heavy atom. The second-order valence-corrected chi connectivity index (χ2v) is 9.11. The van der Waals surface area contributed by atoms with E-state index >= 15 is 0 Å². The Kier molecular flexibility index (Phi) is 6.87. The molecule has 2 heterocycles. The molecule has 37 heavy (non-hydrogen) atoms. The third-order valence-electron chi connectivity index (χ3n) is 6.60. The molecule has 2 N–H and O–H groups in total. The molecular weight excluding hydrogens is 471 g/mol. The summed E-state index contributed by atoms with van der Waals surface area (Å²) in [5, 5.41) is 17.3. The number of carbonyl (C=O) groups is 1. The van der Waals surface area contributed by atoms with Crippen molar-refractivity contribution in [3.63, 3.8) is 0 Å². The van der Waals surface area contributed by atoms with Gasteiger partial charge in [-0.15, -0.1) is 0 Å². The van der Waals surface area contributed by atoms with Gasteiger partial charge in [0, 0.05) is 17.5 Å². The number of nitrogens with zero attached hydrogens (tertiary/aromatic N) is 5. The van der Waals surface area contributed by atoms with Crippen LogP contribution in [-0.2, 0) is 6.42 Å². The van der Waals surface area contributed by atoms with Gasteiger partial charge in [-0.2, -0.15) is 5.10 Å². The van der Waals surface area contributed by atoms with Gasteiger partial charge in [0.15, 0.2) is 0 Å². The van der Waals surface area contributed by atoms with Gasteiger partial charge in [0.05, 0.1) is 41.5 Å². The summed E-state index contributed by atoms with van der Waals surface area (Å²) in [6, 6.07) is 9.95. The van der Waals surface area contributed by atoms with Crippen molar-refractivity contribution in [2.45, 2.75) is 44.8 Å². The fourth-order valence-corrected chi connectivity index (χ4v) is 4.67. The molecule has 1 aliphatic rings. The molecule has 0 bridgehead atoms. The summed E-state index contributed by atoms with van der Waals surface area (Å²) in [7, 11) is 0. The number of hydrogen-bond donors (Lipinski definition) is 2. The number of imidazole rings is 1. The molecule has 2 aromatic carbocycles. The standard InChI is InChI=1S/C28H27FN6O2/c1-3-5-18-12-17(8-11-23(18)30-2)13-20-15-31-28-32-16-25(34-35(20)28)19-9-10-21(22(29)14-19)27(37)33-24-6-4-7-26(24)36/h3,5,8-12,14-16,24,26,36H,2,4,6-7,13H2,1H3,(H,33,37)/b5-3-/t24-,26-/m0/s1. The van der Waals surface area contributed by atoms with Crippen LogP contribution < -0.4 is 5.32 Å². The van der Waals surface area contributed by atoms with Gasteiger partial charge in [0.25, 0.3) is 11.7 Å². The SMILES string of the molecule is C=Nc1ccc(Cc2cnc3ncc(-c4ccc(C(=O)N[C@H]5CCC[C@@H]5O)c(F)c4)nn23)cc1/C=C\C. The van der Waals surface area contributed by atoms with Gasteiger partial charge >= 0.3 is 0 Å². The Hall–Kier alpha value is -4.24. The van der Waals surface area contributed by atoms with E-state index in [1.54, 1.807) is 16.8 Å². The van der Waals surface area contributed by atoms with Crippen LogP contribution in [0.4, 0.5) is 10.1 Å². The Balaban J connectivity index is 1.40. The van der Waals surface area contributed by atoms with Crippen molar-refractivity contribution in [1.29, 1.82) is 0 Å². The zero-order valence-electron chi connectivity index (χ0n) is 20.4. The fraction of sp³-hybridized carbons (Fsp3) is 0.250. The van der Waals surface area contributed by atoms with Gasteiger partial charge in [0.1, 0.15) is 11.5 Å². The minimum atomic E-state index is -0.664. The van der Waals surface area contributed by atoms with Crippen LogP contribution in [0.25, 0.3) is 23.1 Å². The minimum absolute atomic E-state index is 0.0744. The molecule has 1 aliphatic carbocycles.